The molecule has 3 nitrogen and oxygen atoms in total. The van der Waals surface area contributed by atoms with Crippen molar-refractivity contribution >= 4 is 5.69 Å². The molecular formula is C17H33N3+2. The molecular weight excluding hydrogens is 246 g/mol. The molecule has 0 heterocycles. The molecule has 0 amide bonds. The number of likely N-dealkylation sites (N-methyl/N-ethyl adjacent to an activating group) is 2. The lowest BCUT2D eigenvalue weighted by Gasteiger charge is -2.21. The summed E-state index contributed by atoms with van der Waals surface area (Å²) in [6.45, 7) is 14.2. The largest absolute Gasteiger partial charge is 0.378 e. The summed E-state index contributed by atoms with van der Waals surface area (Å²) >= 11 is 0. The smallest absolute Gasteiger partial charge is 0.127 e. The topological polar surface area (TPSA) is 12.1 Å². The molecule has 1 aromatic carbocycles. The molecule has 1 unspecified atom stereocenters. The fourth-order valence-electron chi connectivity index (χ4n) is 2.55. The standard InChI is InChI=1S/C17H31N3/c1-6-19(7-2)13-14-20(8-3)15-16-9-11-17(12-10-16)18(4)5/h9-12H,6-8,13-15H2,1-5H3/p+2. The molecule has 1 atom stereocenters. The van der Waals surface area contributed by atoms with Gasteiger partial charge in [0, 0.05) is 25.3 Å². The molecule has 0 radical (unpaired) electrons. The van der Waals surface area contributed by atoms with E-state index in [0.29, 0.717) is 0 Å². The molecule has 3 heteroatoms. The molecule has 0 aromatic heterocycles. The third-order valence-electron chi connectivity index (χ3n) is 4.24. The molecule has 0 fully saturated rings. The number of nitrogens with zero attached hydrogens (tertiary/aromatic N) is 1. The van der Waals surface area contributed by atoms with Crippen LogP contribution in [0.3, 0.4) is 0 Å². The quantitative estimate of drug-likeness (QED) is 0.653. The first kappa shape index (κ1) is 17.0. The molecule has 0 aliphatic rings. The second-order valence-electron chi connectivity index (χ2n) is 5.80. The predicted molar refractivity (Wildman–Crippen MR) is 87.8 cm³/mol. The summed E-state index contributed by atoms with van der Waals surface area (Å²) in [5.74, 6) is 0. The highest BCUT2D eigenvalue weighted by molar-refractivity contribution is 5.45. The van der Waals surface area contributed by atoms with Crippen LogP contribution in [0.15, 0.2) is 24.3 Å². The lowest BCUT2D eigenvalue weighted by molar-refractivity contribution is -0.962. The van der Waals surface area contributed by atoms with E-state index in [2.05, 4.69) is 64.0 Å². The summed E-state index contributed by atoms with van der Waals surface area (Å²) in [7, 11) is 4.18. The lowest BCUT2D eigenvalue weighted by Crippen LogP contribution is -3.19. The van der Waals surface area contributed by atoms with Crippen LogP contribution in [0.2, 0.25) is 0 Å². The van der Waals surface area contributed by atoms with Gasteiger partial charge in [-0.15, -0.1) is 0 Å². The first-order chi connectivity index (χ1) is 9.60. The zero-order valence-corrected chi connectivity index (χ0v) is 14.0. The highest BCUT2D eigenvalue weighted by atomic mass is 15.2. The molecule has 0 aliphatic heterocycles. The predicted octanol–water partition coefficient (Wildman–Crippen LogP) is 0.0821. The van der Waals surface area contributed by atoms with Gasteiger partial charge in [0.25, 0.3) is 0 Å². The van der Waals surface area contributed by atoms with Crippen LogP contribution in [0.1, 0.15) is 26.3 Å². The van der Waals surface area contributed by atoms with Crippen LogP contribution in [0.5, 0.6) is 0 Å². The Labute approximate surface area is 125 Å². The van der Waals surface area contributed by atoms with E-state index in [4.69, 9.17) is 0 Å². The average molecular weight is 279 g/mol. The molecule has 0 saturated heterocycles. The third-order valence-corrected chi connectivity index (χ3v) is 4.24. The van der Waals surface area contributed by atoms with Crippen molar-refractivity contribution in [3.63, 3.8) is 0 Å². The van der Waals surface area contributed by atoms with E-state index in [0.717, 1.165) is 6.54 Å². The SMILES string of the molecule is CC[NH+](CC)CC[NH+](CC)Cc1ccc(N(C)C)cc1. The van der Waals surface area contributed by atoms with Crippen LogP contribution in [0.4, 0.5) is 5.69 Å². The summed E-state index contributed by atoms with van der Waals surface area (Å²) < 4.78 is 0. The van der Waals surface area contributed by atoms with E-state index >= 15 is 0 Å². The van der Waals surface area contributed by atoms with Crippen LogP contribution in [0, 0.1) is 0 Å². The maximum atomic E-state index is 2.29. The van der Waals surface area contributed by atoms with Gasteiger partial charge in [-0.3, -0.25) is 0 Å². The maximum absolute atomic E-state index is 2.29. The van der Waals surface area contributed by atoms with Gasteiger partial charge in [0.1, 0.15) is 19.6 Å². The van der Waals surface area contributed by atoms with Gasteiger partial charge in [-0.2, -0.15) is 0 Å². The van der Waals surface area contributed by atoms with Gasteiger partial charge in [0.05, 0.1) is 19.6 Å². The van der Waals surface area contributed by atoms with Crippen molar-refractivity contribution in [3.8, 4) is 0 Å². The average Bonchev–Trinajstić information content (AvgIpc) is 2.47. The van der Waals surface area contributed by atoms with Gasteiger partial charge in [-0.05, 0) is 32.9 Å². The number of hydrogen-bond donors (Lipinski definition) is 2. The minimum absolute atomic E-state index is 1.14. The minimum Gasteiger partial charge on any atom is -0.378 e. The summed E-state index contributed by atoms with van der Waals surface area (Å²) in [4.78, 5) is 5.54. The normalized spacial score (nSPS) is 12.7. The summed E-state index contributed by atoms with van der Waals surface area (Å²) in [6, 6.07) is 8.99. The highest BCUT2D eigenvalue weighted by Gasteiger charge is 2.11. The zero-order valence-electron chi connectivity index (χ0n) is 14.0. The fourth-order valence-corrected chi connectivity index (χ4v) is 2.55. The molecule has 20 heavy (non-hydrogen) atoms. The molecule has 0 spiro atoms. The maximum Gasteiger partial charge on any atom is 0.127 e. The van der Waals surface area contributed by atoms with Crippen molar-refractivity contribution in [1.29, 1.82) is 0 Å². The Bertz CT molecular complexity index is 355. The van der Waals surface area contributed by atoms with Gasteiger partial charge in [0.15, 0.2) is 0 Å². The van der Waals surface area contributed by atoms with E-state index in [1.54, 1.807) is 9.80 Å². The number of quaternary nitrogens is 2. The number of rotatable bonds is 9. The monoisotopic (exact) mass is 279 g/mol. The molecule has 1 aromatic rings. The first-order valence-corrected chi connectivity index (χ1v) is 8.04. The van der Waals surface area contributed by atoms with Gasteiger partial charge in [-0.1, -0.05) is 12.1 Å². The number of anilines is 1. The lowest BCUT2D eigenvalue weighted by atomic mass is 10.2. The van der Waals surface area contributed by atoms with E-state index in [1.165, 1.54) is 44.0 Å². The highest BCUT2D eigenvalue weighted by Crippen LogP contribution is 2.11. The van der Waals surface area contributed by atoms with Crippen LogP contribution in [-0.4, -0.2) is 46.8 Å². The second kappa shape index (κ2) is 8.98. The molecule has 0 bridgehead atoms. The van der Waals surface area contributed by atoms with Crippen LogP contribution < -0.4 is 14.7 Å². The Hall–Kier alpha value is -1.06. The van der Waals surface area contributed by atoms with Gasteiger partial charge < -0.3 is 14.7 Å². The van der Waals surface area contributed by atoms with Gasteiger partial charge >= 0.3 is 0 Å². The van der Waals surface area contributed by atoms with Crippen molar-refractivity contribution in [2.24, 2.45) is 0 Å². The summed E-state index contributed by atoms with van der Waals surface area (Å²) in [6.07, 6.45) is 0. The van der Waals surface area contributed by atoms with E-state index in [-0.39, 0.29) is 0 Å². The molecule has 2 N–H and O–H groups in total. The zero-order chi connectivity index (χ0) is 15.0. The van der Waals surface area contributed by atoms with Crippen molar-refractivity contribution in [2.45, 2.75) is 27.3 Å². The van der Waals surface area contributed by atoms with Crippen LogP contribution >= 0.6 is 0 Å². The Morgan fingerprint density at radius 3 is 1.75 bits per heavy atom. The fraction of sp³-hybridized carbons (Fsp3) is 0.647. The Balaban J connectivity index is 2.50. The van der Waals surface area contributed by atoms with E-state index in [1.807, 2.05) is 0 Å². The number of benzene rings is 1. The van der Waals surface area contributed by atoms with Crippen molar-refractivity contribution in [1.82, 2.24) is 0 Å². The molecule has 114 valence electrons. The van der Waals surface area contributed by atoms with Crippen molar-refractivity contribution < 1.29 is 9.80 Å². The van der Waals surface area contributed by atoms with Crippen LogP contribution in [0.25, 0.3) is 0 Å². The van der Waals surface area contributed by atoms with E-state index < -0.39 is 0 Å². The van der Waals surface area contributed by atoms with Crippen molar-refractivity contribution in [2.75, 3.05) is 51.7 Å². The second-order valence-corrected chi connectivity index (χ2v) is 5.80. The van der Waals surface area contributed by atoms with E-state index in [9.17, 15) is 0 Å². The molecule has 0 saturated carbocycles. The number of hydrogen-bond acceptors (Lipinski definition) is 1. The minimum atomic E-state index is 1.14. The van der Waals surface area contributed by atoms with Crippen molar-refractivity contribution in [3.05, 3.63) is 29.8 Å². The Morgan fingerprint density at radius 2 is 1.30 bits per heavy atom. The Morgan fingerprint density at radius 1 is 0.800 bits per heavy atom. The third kappa shape index (κ3) is 5.51. The molecule has 0 aliphatic carbocycles. The summed E-state index contributed by atoms with van der Waals surface area (Å²) in [5, 5.41) is 0. The van der Waals surface area contributed by atoms with Crippen LogP contribution in [-0.2, 0) is 6.54 Å². The van der Waals surface area contributed by atoms with Gasteiger partial charge in [-0.25, -0.2) is 0 Å². The molecule has 1 rings (SSSR count). The van der Waals surface area contributed by atoms with Gasteiger partial charge in [0.2, 0.25) is 0 Å². The first-order valence-electron chi connectivity index (χ1n) is 8.04. The number of nitrogens with one attached hydrogen (secondary N) is 2. The Kier molecular flexibility index (Phi) is 7.63. The summed E-state index contributed by atoms with van der Waals surface area (Å²) in [5.41, 5.74) is 2.72.